The SMILES string of the molecule is O=C1N(c2ccccc2)[C@@H](c2ccc([N+](=O)[O-])cc2)[C@]12CCOC2. The molecule has 2 saturated heterocycles. The van der Waals surface area contributed by atoms with Gasteiger partial charge in [0.25, 0.3) is 5.69 Å². The summed E-state index contributed by atoms with van der Waals surface area (Å²) in [5.41, 5.74) is 1.23. The Kier molecular flexibility index (Phi) is 3.35. The molecule has 1 amide bonds. The number of anilines is 1. The zero-order valence-electron chi connectivity index (χ0n) is 12.9. The third-order valence-electron chi connectivity index (χ3n) is 4.93. The highest BCUT2D eigenvalue weighted by atomic mass is 16.6. The van der Waals surface area contributed by atoms with Gasteiger partial charge in [0, 0.05) is 24.4 Å². The van der Waals surface area contributed by atoms with E-state index in [1.54, 1.807) is 17.0 Å². The Morgan fingerprint density at radius 3 is 2.42 bits per heavy atom. The van der Waals surface area contributed by atoms with Crippen LogP contribution in [0.5, 0.6) is 0 Å². The fraction of sp³-hybridized carbons (Fsp3) is 0.278. The number of nitrogens with zero attached hydrogens (tertiary/aromatic N) is 2. The van der Waals surface area contributed by atoms with E-state index in [4.69, 9.17) is 4.74 Å². The Morgan fingerprint density at radius 1 is 1.12 bits per heavy atom. The van der Waals surface area contributed by atoms with E-state index in [9.17, 15) is 14.9 Å². The highest BCUT2D eigenvalue weighted by molar-refractivity contribution is 6.06. The van der Waals surface area contributed by atoms with Gasteiger partial charge in [-0.2, -0.15) is 0 Å². The number of para-hydroxylation sites is 1. The van der Waals surface area contributed by atoms with Gasteiger partial charge >= 0.3 is 0 Å². The molecule has 0 aromatic heterocycles. The molecule has 2 heterocycles. The minimum atomic E-state index is -0.550. The molecule has 0 bridgehead atoms. The van der Waals surface area contributed by atoms with Crippen LogP contribution >= 0.6 is 0 Å². The summed E-state index contributed by atoms with van der Waals surface area (Å²) in [6, 6.07) is 15.8. The molecule has 2 aromatic rings. The molecule has 2 atom stereocenters. The maximum absolute atomic E-state index is 12.9. The van der Waals surface area contributed by atoms with Gasteiger partial charge in [0.15, 0.2) is 0 Å². The van der Waals surface area contributed by atoms with Crippen LogP contribution in [0.1, 0.15) is 18.0 Å². The van der Waals surface area contributed by atoms with Crippen molar-refractivity contribution in [1.82, 2.24) is 0 Å². The Labute approximate surface area is 138 Å². The van der Waals surface area contributed by atoms with E-state index in [1.807, 2.05) is 30.3 Å². The molecule has 0 saturated carbocycles. The van der Waals surface area contributed by atoms with Crippen LogP contribution < -0.4 is 4.90 Å². The lowest BCUT2D eigenvalue weighted by Crippen LogP contribution is -2.64. The van der Waals surface area contributed by atoms with Crippen molar-refractivity contribution in [2.24, 2.45) is 5.41 Å². The Bertz CT molecular complexity index is 782. The van der Waals surface area contributed by atoms with Gasteiger partial charge in [-0.15, -0.1) is 0 Å². The fourth-order valence-electron chi connectivity index (χ4n) is 3.72. The highest BCUT2D eigenvalue weighted by Gasteiger charge is 2.63. The van der Waals surface area contributed by atoms with Gasteiger partial charge in [-0.3, -0.25) is 14.9 Å². The van der Waals surface area contributed by atoms with E-state index in [2.05, 4.69) is 0 Å². The molecule has 122 valence electrons. The highest BCUT2D eigenvalue weighted by Crippen LogP contribution is 2.56. The summed E-state index contributed by atoms with van der Waals surface area (Å²) in [7, 11) is 0. The van der Waals surface area contributed by atoms with Crippen molar-refractivity contribution in [3.63, 3.8) is 0 Å². The van der Waals surface area contributed by atoms with Gasteiger partial charge in [-0.25, -0.2) is 0 Å². The molecule has 0 unspecified atom stereocenters. The summed E-state index contributed by atoms with van der Waals surface area (Å²) in [5.74, 6) is 0.0644. The molecule has 4 rings (SSSR count). The van der Waals surface area contributed by atoms with Crippen LogP contribution in [0.4, 0.5) is 11.4 Å². The fourth-order valence-corrected chi connectivity index (χ4v) is 3.72. The lowest BCUT2D eigenvalue weighted by Gasteiger charge is -2.54. The predicted molar refractivity (Wildman–Crippen MR) is 87.6 cm³/mol. The number of amides is 1. The van der Waals surface area contributed by atoms with Gasteiger partial charge < -0.3 is 9.64 Å². The van der Waals surface area contributed by atoms with Crippen molar-refractivity contribution in [1.29, 1.82) is 0 Å². The van der Waals surface area contributed by atoms with Crippen LogP contribution in [-0.4, -0.2) is 24.0 Å². The number of nitro benzene ring substituents is 1. The molecule has 6 nitrogen and oxygen atoms in total. The molecule has 0 N–H and O–H groups in total. The van der Waals surface area contributed by atoms with Gasteiger partial charge in [-0.05, 0) is 24.1 Å². The quantitative estimate of drug-likeness (QED) is 0.494. The van der Waals surface area contributed by atoms with Crippen LogP contribution in [0.2, 0.25) is 0 Å². The van der Waals surface area contributed by atoms with E-state index in [-0.39, 0.29) is 17.6 Å². The molecule has 1 spiro atoms. The number of hydrogen-bond acceptors (Lipinski definition) is 4. The monoisotopic (exact) mass is 324 g/mol. The van der Waals surface area contributed by atoms with E-state index in [0.29, 0.717) is 19.6 Å². The smallest absolute Gasteiger partial charge is 0.269 e. The molecule has 0 radical (unpaired) electrons. The molecule has 2 aliphatic heterocycles. The predicted octanol–water partition coefficient (Wildman–Crippen LogP) is 3.09. The second-order valence-electron chi connectivity index (χ2n) is 6.22. The summed E-state index contributed by atoms with van der Waals surface area (Å²) in [6.45, 7) is 0.967. The van der Waals surface area contributed by atoms with Gasteiger partial charge in [0.2, 0.25) is 5.91 Å². The summed E-state index contributed by atoms with van der Waals surface area (Å²) in [4.78, 5) is 25.1. The molecular weight excluding hydrogens is 308 g/mol. The summed E-state index contributed by atoms with van der Waals surface area (Å²) < 4.78 is 5.51. The average Bonchev–Trinajstić information content (AvgIpc) is 3.12. The number of carbonyl (C=O) groups is 1. The first-order valence-corrected chi connectivity index (χ1v) is 7.84. The number of non-ortho nitro benzene ring substituents is 1. The maximum Gasteiger partial charge on any atom is 0.269 e. The Morgan fingerprint density at radius 2 is 1.83 bits per heavy atom. The van der Waals surface area contributed by atoms with E-state index >= 15 is 0 Å². The van der Waals surface area contributed by atoms with Crippen LogP contribution in [0.15, 0.2) is 54.6 Å². The molecule has 6 heteroatoms. The third-order valence-corrected chi connectivity index (χ3v) is 4.93. The maximum atomic E-state index is 12.9. The van der Waals surface area contributed by atoms with Crippen molar-refractivity contribution in [2.45, 2.75) is 12.5 Å². The number of hydrogen-bond donors (Lipinski definition) is 0. The van der Waals surface area contributed by atoms with E-state index in [0.717, 1.165) is 11.3 Å². The number of carbonyl (C=O) groups excluding carboxylic acids is 1. The number of rotatable bonds is 3. The number of β-lactam (4-membered cyclic amide) rings is 1. The van der Waals surface area contributed by atoms with Crippen LogP contribution in [0, 0.1) is 15.5 Å². The minimum absolute atomic E-state index is 0.0485. The second-order valence-corrected chi connectivity index (χ2v) is 6.22. The largest absolute Gasteiger partial charge is 0.380 e. The topological polar surface area (TPSA) is 72.7 Å². The van der Waals surface area contributed by atoms with Crippen molar-refractivity contribution in [3.05, 3.63) is 70.3 Å². The lowest BCUT2D eigenvalue weighted by molar-refractivity contribution is -0.384. The first kappa shape index (κ1) is 14.8. The normalized spacial score (nSPS) is 25.8. The average molecular weight is 324 g/mol. The minimum Gasteiger partial charge on any atom is -0.380 e. The number of benzene rings is 2. The zero-order chi connectivity index (χ0) is 16.7. The molecule has 24 heavy (non-hydrogen) atoms. The molecule has 2 fully saturated rings. The molecule has 2 aliphatic rings. The van der Waals surface area contributed by atoms with Crippen LogP contribution in [0.25, 0.3) is 0 Å². The molecule has 2 aromatic carbocycles. The van der Waals surface area contributed by atoms with Crippen molar-refractivity contribution >= 4 is 17.3 Å². The molecular formula is C18H16N2O4. The van der Waals surface area contributed by atoms with Crippen LogP contribution in [0.3, 0.4) is 0 Å². The number of nitro groups is 1. The van der Waals surface area contributed by atoms with Crippen molar-refractivity contribution < 1.29 is 14.5 Å². The standard InChI is InChI=1S/C18H16N2O4/c21-17-18(10-11-24-12-18)16(19(17)14-4-2-1-3-5-14)13-6-8-15(9-7-13)20(22)23/h1-9,16H,10-12H2/t16-,18+/m0/s1. The first-order chi connectivity index (χ1) is 11.6. The van der Waals surface area contributed by atoms with Crippen LogP contribution in [-0.2, 0) is 9.53 Å². The first-order valence-electron chi connectivity index (χ1n) is 7.84. The van der Waals surface area contributed by atoms with Gasteiger partial charge in [0.1, 0.15) is 5.41 Å². The van der Waals surface area contributed by atoms with Gasteiger partial charge in [-0.1, -0.05) is 30.3 Å². The zero-order valence-corrected chi connectivity index (χ0v) is 12.9. The Hall–Kier alpha value is -2.73. The van der Waals surface area contributed by atoms with Crippen molar-refractivity contribution in [3.8, 4) is 0 Å². The Balaban J connectivity index is 1.75. The summed E-state index contributed by atoms with van der Waals surface area (Å²) >= 11 is 0. The van der Waals surface area contributed by atoms with Gasteiger partial charge in [0.05, 0.1) is 17.6 Å². The third kappa shape index (κ3) is 2.03. The second kappa shape index (κ2) is 5.42. The van der Waals surface area contributed by atoms with E-state index < -0.39 is 10.3 Å². The number of ether oxygens (including phenoxy) is 1. The van der Waals surface area contributed by atoms with Crippen molar-refractivity contribution in [2.75, 3.05) is 18.1 Å². The summed E-state index contributed by atoms with van der Waals surface area (Å²) in [6.07, 6.45) is 0.677. The molecule has 0 aliphatic carbocycles. The lowest BCUT2D eigenvalue weighted by atomic mass is 9.67. The van der Waals surface area contributed by atoms with E-state index in [1.165, 1.54) is 12.1 Å². The summed E-state index contributed by atoms with van der Waals surface area (Å²) in [5, 5.41) is 10.9.